The summed E-state index contributed by atoms with van der Waals surface area (Å²) in [5.41, 5.74) is 10.6. The Morgan fingerprint density at radius 3 is 0.718 bits per heavy atom. The second kappa shape index (κ2) is 58.4. The molecule has 7 heterocycles. The number of nitrogens with two attached hydrogens (primary N) is 1. The van der Waals surface area contributed by atoms with Crippen LogP contribution >= 0.6 is 47.6 Å². The minimum absolute atomic E-state index is 0. The van der Waals surface area contributed by atoms with E-state index in [1.54, 1.807) is 70.3 Å². The monoisotopic (exact) mass is 2100 g/mol. The summed E-state index contributed by atoms with van der Waals surface area (Å²) in [5.74, 6) is 0. The van der Waals surface area contributed by atoms with Gasteiger partial charge < -0.3 is 17.9 Å². The first-order valence-electron chi connectivity index (χ1n) is 41.7. The van der Waals surface area contributed by atoms with Gasteiger partial charge in [0.2, 0.25) is 0 Å². The fourth-order valence-electron chi connectivity index (χ4n) is 12.7. The second-order valence-electron chi connectivity index (χ2n) is 29.4. The van der Waals surface area contributed by atoms with E-state index in [-0.39, 0.29) is 44.3 Å². The van der Waals surface area contributed by atoms with E-state index in [0.29, 0.717) is 17.9 Å². The van der Waals surface area contributed by atoms with Crippen LogP contribution in [0, 0.1) is 30.1 Å². The van der Waals surface area contributed by atoms with E-state index in [0.717, 1.165) is 46.0 Å². The summed E-state index contributed by atoms with van der Waals surface area (Å²) in [6.07, 6.45) is 12.8. The van der Waals surface area contributed by atoms with E-state index in [1.807, 2.05) is 36.5 Å². The van der Waals surface area contributed by atoms with Crippen LogP contribution in [0.4, 0.5) is 0 Å². The standard InChI is InChI=1S/4C18H15P.C9H11N5.C9H7N5.C6H3N2.C4H8O.C3H4BrN3.4CH3.Ni.Pd.Sn/c4*1-4-10-16(11-5-1)19(17-12-6-2-7-13-17)18-14-8-3-9-15-18;2*1-14-12-6-9(13-14)7-2-3-8(4-10)11-5-7;7-5-6-3-1-2-4-8-6;1-2-4-5-3-1;1-7-5-2-3(4)6-7;;;;;;;/h4*1-15H;2-3,5-6H,4,10H2,1H3;2-3,5-6H,1H3;1,3-4H;1-4H2;2H,1H3;4*1H3;;;/q;;;;;;;;;;;;-1;;;. The fourth-order valence-corrected chi connectivity index (χ4v) is 25.2. The molecule has 0 amide bonds. The van der Waals surface area contributed by atoms with E-state index in [1.165, 1.54) is 94.5 Å². The Kier molecular flexibility index (Phi) is 46.7. The molecule has 1 aliphatic rings. The molecule has 12 aromatic carbocycles. The molecular formula is C107H105BrN15NiOP4PdSn-. The van der Waals surface area contributed by atoms with Crippen LogP contribution in [0.1, 0.15) is 29.9 Å². The molecule has 16 nitrogen and oxygen atoms in total. The van der Waals surface area contributed by atoms with Crippen molar-refractivity contribution in [1.82, 2.24) is 59.9 Å². The average molecular weight is 2100 g/mol. The number of nitriles is 2. The number of hydrogen-bond donors (Lipinski definition) is 1. The SMILES string of the molecule is C1CCOC1.Cn1ncc(-c2ccc(C#N)nc2)n1.Cn1ncc(-c2ccc(CN)nc2)n1.Cn1ncc(Br)n1.[CH3-].[CH3][Sn]([CH3])([CH3])[c]1ccc(C#N)nc1.[Ni].[Pd].c1ccc(P(c2ccccc2)c2ccccc2)cc1.c1ccc(P(c2ccccc2)c2ccccc2)cc1.c1ccc(P(c2ccccc2)c2ccccc2)cc1.c1ccc(P(c2ccccc2)c2ccccc2)cc1. The van der Waals surface area contributed by atoms with E-state index < -0.39 is 50.1 Å². The Bertz CT molecular complexity index is 5330. The molecular weight excluding hydrogens is 2000 g/mol. The van der Waals surface area contributed by atoms with Gasteiger partial charge in [0.25, 0.3) is 0 Å². The number of aryl methyl sites for hydroxylation is 3. The second-order valence-corrected chi connectivity index (χ2v) is 53.5. The van der Waals surface area contributed by atoms with Crippen LogP contribution in [0.15, 0.2) is 442 Å². The third-order valence-corrected chi connectivity index (χ3v) is 34.9. The minimum atomic E-state index is -1.93. The van der Waals surface area contributed by atoms with Crippen LogP contribution in [0.2, 0.25) is 14.8 Å². The van der Waals surface area contributed by atoms with Gasteiger partial charge in [0.15, 0.2) is 0 Å². The maximum atomic E-state index is 8.56. The minimum Gasteiger partial charge on any atom is -0.0622 e. The molecule has 18 aromatic rings. The van der Waals surface area contributed by atoms with Crippen molar-refractivity contribution in [2.24, 2.45) is 26.9 Å². The van der Waals surface area contributed by atoms with Crippen molar-refractivity contribution in [3.05, 3.63) is 467 Å². The molecule has 6 aromatic heterocycles. The number of aromatic nitrogens is 12. The summed E-state index contributed by atoms with van der Waals surface area (Å²) in [6.45, 7) is 2.46. The van der Waals surface area contributed by atoms with E-state index in [4.69, 9.17) is 21.0 Å². The summed E-state index contributed by atoms with van der Waals surface area (Å²) >= 11 is 1.20. The van der Waals surface area contributed by atoms with Crippen molar-refractivity contribution in [3.63, 3.8) is 0 Å². The van der Waals surface area contributed by atoms with Gasteiger partial charge in [0.05, 0.1) is 24.3 Å². The molecule has 2 N–H and O–H groups in total. The third-order valence-electron chi connectivity index (χ3n) is 19.0. The quantitative estimate of drug-likeness (QED) is 0.0542. The maximum Gasteiger partial charge on any atom is 0 e. The van der Waals surface area contributed by atoms with Crippen molar-refractivity contribution < 1.29 is 41.7 Å². The Hall–Kier alpha value is -11.4. The van der Waals surface area contributed by atoms with Crippen LogP contribution in [-0.2, 0) is 69.3 Å². The number of halogens is 1. The van der Waals surface area contributed by atoms with Crippen LogP contribution in [0.3, 0.4) is 0 Å². The predicted octanol–water partition coefficient (Wildman–Crippen LogP) is 18.2. The normalized spacial score (nSPS) is 10.7. The van der Waals surface area contributed by atoms with Gasteiger partial charge in [-0.3, -0.25) is 4.98 Å². The van der Waals surface area contributed by atoms with Gasteiger partial charge >= 0.3 is 77.1 Å². The Morgan fingerprint density at radius 2 is 0.565 bits per heavy atom. The molecule has 1 saturated heterocycles. The van der Waals surface area contributed by atoms with E-state index in [2.05, 4.69) is 440 Å². The summed E-state index contributed by atoms with van der Waals surface area (Å²) in [7, 11) is 3.52. The van der Waals surface area contributed by atoms with Gasteiger partial charge in [0.1, 0.15) is 27.8 Å². The fraction of sp³-hybridized carbons (Fsp3) is 0.103. The van der Waals surface area contributed by atoms with Crippen molar-refractivity contribution in [1.29, 1.82) is 10.5 Å². The number of nitrogens with zero attached hydrogens (tertiary/aromatic N) is 14. The summed E-state index contributed by atoms with van der Waals surface area (Å²) in [5, 5.41) is 57.7. The molecule has 666 valence electrons. The number of rotatable bonds is 16. The first kappa shape index (κ1) is 105. The summed E-state index contributed by atoms with van der Waals surface area (Å²) in [4.78, 5) is 23.7. The van der Waals surface area contributed by atoms with Crippen LogP contribution in [0.5, 0.6) is 0 Å². The molecule has 0 saturated carbocycles. The van der Waals surface area contributed by atoms with Crippen LogP contribution in [0.25, 0.3) is 22.5 Å². The molecule has 1 fully saturated rings. The molecule has 0 unspecified atom stereocenters. The zero-order chi connectivity index (χ0) is 89.6. The smallest absolute Gasteiger partial charge is 0 e. The molecule has 0 atom stereocenters. The van der Waals surface area contributed by atoms with Gasteiger partial charge in [-0.05, 0) is 148 Å². The molecule has 0 radical (unpaired) electrons. The zero-order valence-electron chi connectivity index (χ0n) is 74.2. The van der Waals surface area contributed by atoms with Crippen LogP contribution < -0.4 is 73.0 Å². The molecule has 0 aliphatic carbocycles. The third kappa shape index (κ3) is 35.0. The van der Waals surface area contributed by atoms with Crippen LogP contribution in [-0.4, -0.2) is 91.5 Å². The predicted molar refractivity (Wildman–Crippen MR) is 549 cm³/mol. The van der Waals surface area contributed by atoms with E-state index in [9.17, 15) is 0 Å². The van der Waals surface area contributed by atoms with Gasteiger partial charge in [-0.1, -0.05) is 364 Å². The molecule has 0 spiro atoms. The van der Waals surface area contributed by atoms with Gasteiger partial charge in [-0.15, -0.1) is 5.10 Å². The summed E-state index contributed by atoms with van der Waals surface area (Å²) in [6, 6.07) is 144. The van der Waals surface area contributed by atoms with E-state index >= 15 is 0 Å². The van der Waals surface area contributed by atoms with Crippen molar-refractivity contribution in [2.75, 3.05) is 13.2 Å². The van der Waals surface area contributed by atoms with Gasteiger partial charge in [-0.25, -0.2) is 4.98 Å². The number of ether oxygens (including phenoxy) is 1. The number of hydrogen-bond acceptors (Lipinski definition) is 13. The molecule has 19 rings (SSSR count). The van der Waals surface area contributed by atoms with Gasteiger partial charge in [0, 0.05) is 101 Å². The average Bonchev–Trinajstić information content (AvgIpc) is 1.29. The maximum absolute atomic E-state index is 8.56. The van der Waals surface area contributed by atoms with Crippen molar-refractivity contribution in [2.45, 2.75) is 34.2 Å². The number of benzene rings is 12. The molecule has 131 heavy (non-hydrogen) atoms. The van der Waals surface area contributed by atoms with Crippen molar-refractivity contribution >= 4 is 133 Å². The first-order valence-corrected chi connectivity index (χ1v) is 57.9. The first-order chi connectivity index (χ1) is 62.7. The topological polar surface area (TPSA) is 214 Å². The Balaban J connectivity index is 0.000000185. The summed E-state index contributed by atoms with van der Waals surface area (Å²) < 4.78 is 7.08. The zero-order valence-corrected chi connectivity index (χ0v) is 84.7. The molecule has 24 heteroatoms. The van der Waals surface area contributed by atoms with Crippen molar-refractivity contribution in [3.8, 4) is 34.7 Å². The Labute approximate surface area is 813 Å². The largest absolute Gasteiger partial charge is 0.0622 e. The number of pyridine rings is 3. The van der Waals surface area contributed by atoms with Gasteiger partial charge in [-0.2, -0.15) is 45.1 Å². The molecule has 0 bridgehead atoms. The Morgan fingerprint density at radius 1 is 0.328 bits per heavy atom. The molecule has 1 aliphatic heterocycles.